The lowest BCUT2D eigenvalue weighted by molar-refractivity contribution is -0.134. The van der Waals surface area contributed by atoms with E-state index < -0.39 is 0 Å². The fourth-order valence-electron chi connectivity index (χ4n) is 2.87. The molecule has 0 bridgehead atoms. The molecule has 0 aromatic carbocycles. The first-order valence-electron chi connectivity index (χ1n) is 6.95. The standard InChI is InChI=1S/C15H19N3O2/c1-20-10-14(19)18-5-3-11(9-18)6-12-7-13-2-4-16-15(13)17-8-12/h2,4,7-8,11H,3,5-6,9-10H2,1H3,(H,16,17). The van der Waals surface area contributed by atoms with Gasteiger partial charge in [0.05, 0.1) is 0 Å². The summed E-state index contributed by atoms with van der Waals surface area (Å²) in [6.07, 6.45) is 5.87. The van der Waals surface area contributed by atoms with Crippen molar-refractivity contribution in [1.29, 1.82) is 0 Å². The average Bonchev–Trinajstić information content (AvgIpc) is 3.07. The molecule has 1 aliphatic heterocycles. The molecule has 3 rings (SSSR count). The molecule has 0 radical (unpaired) electrons. The van der Waals surface area contributed by atoms with Gasteiger partial charge in [-0.15, -0.1) is 0 Å². The summed E-state index contributed by atoms with van der Waals surface area (Å²) in [4.78, 5) is 21.2. The van der Waals surface area contributed by atoms with Crippen LogP contribution in [0, 0.1) is 5.92 Å². The molecule has 1 amide bonds. The van der Waals surface area contributed by atoms with Crippen LogP contribution in [0.1, 0.15) is 12.0 Å². The lowest BCUT2D eigenvalue weighted by Crippen LogP contribution is -2.31. The van der Waals surface area contributed by atoms with Gasteiger partial charge in [-0.3, -0.25) is 4.79 Å². The van der Waals surface area contributed by atoms with Crippen LogP contribution >= 0.6 is 0 Å². The van der Waals surface area contributed by atoms with E-state index in [-0.39, 0.29) is 12.5 Å². The van der Waals surface area contributed by atoms with E-state index in [1.54, 1.807) is 7.11 Å². The number of likely N-dealkylation sites (tertiary alicyclic amines) is 1. The molecule has 1 fully saturated rings. The summed E-state index contributed by atoms with van der Waals surface area (Å²) in [5, 5.41) is 1.15. The number of hydrogen-bond donors (Lipinski definition) is 1. The molecule has 3 heterocycles. The monoisotopic (exact) mass is 273 g/mol. The van der Waals surface area contributed by atoms with Crippen molar-refractivity contribution in [2.45, 2.75) is 12.8 Å². The molecule has 0 spiro atoms. The molecule has 20 heavy (non-hydrogen) atoms. The predicted molar refractivity (Wildman–Crippen MR) is 76.4 cm³/mol. The van der Waals surface area contributed by atoms with Crippen LogP contribution < -0.4 is 0 Å². The molecule has 5 nitrogen and oxygen atoms in total. The van der Waals surface area contributed by atoms with Gasteiger partial charge in [-0.05, 0) is 36.5 Å². The van der Waals surface area contributed by atoms with Gasteiger partial charge in [0.25, 0.3) is 0 Å². The molecule has 1 atom stereocenters. The molecule has 1 N–H and O–H groups in total. The average molecular weight is 273 g/mol. The Morgan fingerprint density at radius 3 is 3.35 bits per heavy atom. The number of rotatable bonds is 4. The highest BCUT2D eigenvalue weighted by molar-refractivity contribution is 5.77. The van der Waals surface area contributed by atoms with Crippen molar-refractivity contribution < 1.29 is 9.53 Å². The number of ether oxygens (including phenoxy) is 1. The number of H-pyrrole nitrogens is 1. The van der Waals surface area contributed by atoms with Crippen molar-refractivity contribution in [2.75, 3.05) is 26.8 Å². The molecule has 1 unspecified atom stereocenters. The first-order chi connectivity index (χ1) is 9.76. The van der Waals surface area contributed by atoms with Crippen LogP contribution in [0.15, 0.2) is 24.5 Å². The van der Waals surface area contributed by atoms with Crippen LogP contribution in [0.3, 0.4) is 0 Å². The third-order valence-electron chi connectivity index (χ3n) is 3.89. The van der Waals surface area contributed by atoms with E-state index in [0.717, 1.165) is 37.0 Å². The van der Waals surface area contributed by atoms with Crippen LogP contribution in [0.2, 0.25) is 0 Å². The molecular formula is C15H19N3O2. The summed E-state index contributed by atoms with van der Waals surface area (Å²) in [7, 11) is 1.56. The Balaban J connectivity index is 1.62. The van der Waals surface area contributed by atoms with E-state index in [2.05, 4.69) is 16.0 Å². The van der Waals surface area contributed by atoms with Crippen LogP contribution in [-0.2, 0) is 16.0 Å². The first-order valence-corrected chi connectivity index (χ1v) is 6.95. The van der Waals surface area contributed by atoms with Crippen molar-refractivity contribution in [2.24, 2.45) is 5.92 Å². The number of nitrogens with one attached hydrogen (secondary N) is 1. The molecule has 2 aromatic heterocycles. The lowest BCUT2D eigenvalue weighted by atomic mass is 9.99. The Bertz CT molecular complexity index is 608. The first kappa shape index (κ1) is 13.1. The van der Waals surface area contributed by atoms with Crippen LogP contribution in [0.25, 0.3) is 11.0 Å². The number of methoxy groups -OCH3 is 1. The number of nitrogens with zero attached hydrogens (tertiary/aromatic N) is 2. The van der Waals surface area contributed by atoms with E-state index in [4.69, 9.17) is 4.74 Å². The highest BCUT2D eigenvalue weighted by Gasteiger charge is 2.26. The Hall–Kier alpha value is -1.88. The third kappa shape index (κ3) is 2.67. The number of aromatic nitrogens is 2. The molecule has 2 aromatic rings. The Morgan fingerprint density at radius 2 is 2.50 bits per heavy atom. The van der Waals surface area contributed by atoms with E-state index in [1.807, 2.05) is 23.4 Å². The molecule has 1 saturated heterocycles. The number of aromatic amines is 1. The summed E-state index contributed by atoms with van der Waals surface area (Å²) in [5.41, 5.74) is 2.17. The maximum Gasteiger partial charge on any atom is 0.248 e. The molecule has 106 valence electrons. The smallest absolute Gasteiger partial charge is 0.248 e. The summed E-state index contributed by atoms with van der Waals surface area (Å²) in [6.45, 7) is 1.85. The van der Waals surface area contributed by atoms with Gasteiger partial charge in [-0.1, -0.05) is 0 Å². The molecular weight excluding hydrogens is 254 g/mol. The molecule has 0 aliphatic carbocycles. The minimum absolute atomic E-state index is 0.0919. The number of amides is 1. The second kappa shape index (κ2) is 5.63. The van der Waals surface area contributed by atoms with Crippen LogP contribution in [-0.4, -0.2) is 47.6 Å². The number of hydrogen-bond acceptors (Lipinski definition) is 3. The topological polar surface area (TPSA) is 58.2 Å². The number of carbonyl (C=O) groups excluding carboxylic acids is 1. The highest BCUT2D eigenvalue weighted by atomic mass is 16.5. The van der Waals surface area contributed by atoms with Crippen molar-refractivity contribution in [3.63, 3.8) is 0 Å². The second-order valence-electron chi connectivity index (χ2n) is 5.39. The van der Waals surface area contributed by atoms with Gasteiger partial charge in [0.15, 0.2) is 0 Å². The molecule has 5 heteroatoms. The minimum Gasteiger partial charge on any atom is -0.375 e. The van der Waals surface area contributed by atoms with Gasteiger partial charge < -0.3 is 14.6 Å². The lowest BCUT2D eigenvalue weighted by Gasteiger charge is -2.16. The van der Waals surface area contributed by atoms with Crippen molar-refractivity contribution in [1.82, 2.24) is 14.9 Å². The van der Waals surface area contributed by atoms with Gasteiger partial charge >= 0.3 is 0 Å². The van der Waals surface area contributed by atoms with E-state index in [1.165, 1.54) is 5.56 Å². The van der Waals surface area contributed by atoms with Crippen LogP contribution in [0.5, 0.6) is 0 Å². The highest BCUT2D eigenvalue weighted by Crippen LogP contribution is 2.22. The fourth-order valence-corrected chi connectivity index (χ4v) is 2.87. The summed E-state index contributed by atoms with van der Waals surface area (Å²) in [6, 6.07) is 4.22. The van der Waals surface area contributed by atoms with Gasteiger partial charge in [0.2, 0.25) is 5.91 Å². The predicted octanol–water partition coefficient (Wildman–Crippen LogP) is 1.60. The summed E-state index contributed by atoms with van der Waals surface area (Å²) >= 11 is 0. The minimum atomic E-state index is 0.0919. The number of carbonyl (C=O) groups is 1. The summed E-state index contributed by atoms with van der Waals surface area (Å²) in [5.74, 6) is 0.614. The quantitative estimate of drug-likeness (QED) is 0.920. The zero-order valence-corrected chi connectivity index (χ0v) is 11.6. The number of pyridine rings is 1. The second-order valence-corrected chi connectivity index (χ2v) is 5.39. The molecule has 0 saturated carbocycles. The largest absolute Gasteiger partial charge is 0.375 e. The van der Waals surface area contributed by atoms with Crippen molar-refractivity contribution in [3.8, 4) is 0 Å². The van der Waals surface area contributed by atoms with Gasteiger partial charge in [0.1, 0.15) is 12.3 Å². The van der Waals surface area contributed by atoms with E-state index in [9.17, 15) is 4.79 Å². The molecule has 1 aliphatic rings. The van der Waals surface area contributed by atoms with Gasteiger partial charge in [-0.2, -0.15) is 0 Å². The van der Waals surface area contributed by atoms with Crippen LogP contribution in [0.4, 0.5) is 0 Å². The number of fused-ring (bicyclic) bond motifs is 1. The Labute approximate surface area is 117 Å². The van der Waals surface area contributed by atoms with Crippen molar-refractivity contribution >= 4 is 16.9 Å². The SMILES string of the molecule is COCC(=O)N1CCC(Cc2cnc3[nH]ccc3c2)C1. The maximum absolute atomic E-state index is 11.8. The Morgan fingerprint density at radius 1 is 1.60 bits per heavy atom. The third-order valence-corrected chi connectivity index (χ3v) is 3.89. The van der Waals surface area contributed by atoms with Gasteiger partial charge in [-0.25, -0.2) is 4.98 Å². The maximum atomic E-state index is 11.8. The zero-order chi connectivity index (χ0) is 13.9. The Kier molecular flexibility index (Phi) is 3.69. The van der Waals surface area contributed by atoms with E-state index in [0.29, 0.717) is 5.92 Å². The summed E-state index contributed by atoms with van der Waals surface area (Å²) < 4.78 is 4.90. The van der Waals surface area contributed by atoms with Gasteiger partial charge in [0, 0.05) is 38.0 Å². The fraction of sp³-hybridized carbons (Fsp3) is 0.467. The zero-order valence-electron chi connectivity index (χ0n) is 11.6. The van der Waals surface area contributed by atoms with E-state index >= 15 is 0 Å². The normalized spacial score (nSPS) is 18.9. The van der Waals surface area contributed by atoms with Crippen molar-refractivity contribution in [3.05, 3.63) is 30.1 Å².